The molecule has 1 heterocycles. The Hall–Kier alpha value is -3.51. The highest BCUT2D eigenvalue weighted by Crippen LogP contribution is 2.27. The van der Waals surface area contributed by atoms with Crippen LogP contribution in [0, 0.1) is 13.8 Å². The van der Waals surface area contributed by atoms with Crippen molar-refractivity contribution in [1.29, 1.82) is 0 Å². The molecule has 0 spiro atoms. The van der Waals surface area contributed by atoms with Gasteiger partial charge in [0.25, 0.3) is 0 Å². The number of carbonyl (C=O) groups is 2. The first-order chi connectivity index (χ1) is 16.5. The summed E-state index contributed by atoms with van der Waals surface area (Å²) in [5.74, 6) is -0.0721. The van der Waals surface area contributed by atoms with Gasteiger partial charge in [-0.15, -0.1) is 0 Å². The van der Waals surface area contributed by atoms with Crippen LogP contribution in [0.15, 0.2) is 67.0 Å². The van der Waals surface area contributed by atoms with Crippen LogP contribution in [0.4, 0.5) is 11.4 Å². The minimum atomic E-state index is -0.0392. The van der Waals surface area contributed by atoms with Gasteiger partial charge < -0.3 is 10.6 Å². The molecule has 3 aromatic rings. The number of aryl methyl sites for hydroxylation is 2. The summed E-state index contributed by atoms with van der Waals surface area (Å²) < 4.78 is 0. The Balaban J connectivity index is 1.26. The number of aromatic nitrogens is 1. The molecule has 0 bridgehead atoms. The Morgan fingerprint density at radius 2 is 1.53 bits per heavy atom. The van der Waals surface area contributed by atoms with Crippen molar-refractivity contribution in [2.24, 2.45) is 0 Å². The summed E-state index contributed by atoms with van der Waals surface area (Å²) >= 11 is 0. The molecule has 0 radical (unpaired) electrons. The number of hydrogen-bond donors (Lipinski definition) is 2. The van der Waals surface area contributed by atoms with Crippen molar-refractivity contribution in [3.05, 3.63) is 89.2 Å². The Labute approximate surface area is 201 Å². The van der Waals surface area contributed by atoms with Crippen LogP contribution in [0.25, 0.3) is 0 Å². The number of para-hydroxylation sites is 1. The predicted octanol–water partition coefficient (Wildman–Crippen LogP) is 4.72. The van der Waals surface area contributed by atoms with Gasteiger partial charge in [-0.3, -0.25) is 19.5 Å². The summed E-state index contributed by atoms with van der Waals surface area (Å²) in [5, 5.41) is 6.04. The molecular formula is C28H32N4O2. The molecule has 1 aliphatic rings. The highest BCUT2D eigenvalue weighted by Gasteiger charge is 2.30. The van der Waals surface area contributed by atoms with Gasteiger partial charge in [-0.25, -0.2) is 0 Å². The third-order valence-corrected chi connectivity index (χ3v) is 6.18. The Bertz CT molecular complexity index is 1100. The van der Waals surface area contributed by atoms with Gasteiger partial charge in [0.1, 0.15) is 0 Å². The Morgan fingerprint density at radius 3 is 2.18 bits per heavy atom. The van der Waals surface area contributed by atoms with E-state index < -0.39 is 0 Å². The largest absolute Gasteiger partial charge is 0.326 e. The number of amides is 2. The number of benzene rings is 2. The summed E-state index contributed by atoms with van der Waals surface area (Å²) in [6.07, 6.45) is 6.93. The standard InChI is InChI=1S/C28H32N4O2/c1-20-4-3-5-21(2)28(20)31-27(34)19-32(25-10-11-25)17-14-26(33)30-24-8-6-22(7-9-24)18-23-12-15-29-16-13-23/h3-9,12-13,15-16,25H,10-11,14,17-19H2,1-2H3,(H,30,33)(H,31,34). The molecule has 4 rings (SSSR count). The molecule has 0 saturated heterocycles. The molecule has 6 nitrogen and oxygen atoms in total. The number of carbonyl (C=O) groups excluding carboxylic acids is 2. The Kier molecular flexibility index (Phi) is 7.70. The topological polar surface area (TPSA) is 74.3 Å². The van der Waals surface area contributed by atoms with E-state index in [0.29, 0.717) is 25.6 Å². The fraction of sp³-hybridized carbons (Fsp3) is 0.321. The van der Waals surface area contributed by atoms with Gasteiger partial charge in [0.15, 0.2) is 0 Å². The van der Waals surface area contributed by atoms with E-state index in [1.165, 1.54) is 11.1 Å². The van der Waals surface area contributed by atoms with Gasteiger partial charge >= 0.3 is 0 Å². The summed E-state index contributed by atoms with van der Waals surface area (Å²) in [6.45, 7) is 4.86. The number of hydrogen-bond acceptors (Lipinski definition) is 4. The average molecular weight is 457 g/mol. The lowest BCUT2D eigenvalue weighted by Gasteiger charge is -2.22. The lowest BCUT2D eigenvalue weighted by molar-refractivity contribution is -0.119. The van der Waals surface area contributed by atoms with E-state index in [9.17, 15) is 9.59 Å². The van der Waals surface area contributed by atoms with Crippen LogP contribution in [-0.2, 0) is 16.0 Å². The molecule has 0 unspecified atom stereocenters. The summed E-state index contributed by atoms with van der Waals surface area (Å²) in [5.41, 5.74) is 6.16. The van der Waals surface area contributed by atoms with Crippen LogP contribution < -0.4 is 10.6 Å². The zero-order valence-corrected chi connectivity index (χ0v) is 19.9. The molecule has 34 heavy (non-hydrogen) atoms. The molecule has 176 valence electrons. The second-order valence-electron chi connectivity index (χ2n) is 9.04. The zero-order valence-electron chi connectivity index (χ0n) is 19.9. The van der Waals surface area contributed by atoms with Crippen LogP contribution in [0.2, 0.25) is 0 Å². The van der Waals surface area contributed by atoms with Crippen molar-refractivity contribution < 1.29 is 9.59 Å². The van der Waals surface area contributed by atoms with E-state index in [0.717, 1.165) is 41.8 Å². The monoisotopic (exact) mass is 456 g/mol. The van der Waals surface area contributed by atoms with E-state index >= 15 is 0 Å². The maximum absolute atomic E-state index is 12.7. The molecule has 1 aromatic heterocycles. The van der Waals surface area contributed by atoms with Crippen LogP contribution in [0.5, 0.6) is 0 Å². The smallest absolute Gasteiger partial charge is 0.238 e. The number of pyridine rings is 1. The molecule has 2 aromatic carbocycles. The van der Waals surface area contributed by atoms with E-state index in [2.05, 4.69) is 20.5 Å². The first-order valence-corrected chi connectivity index (χ1v) is 11.9. The molecule has 1 saturated carbocycles. The maximum Gasteiger partial charge on any atom is 0.238 e. The fourth-order valence-corrected chi connectivity index (χ4v) is 4.12. The van der Waals surface area contributed by atoms with Crippen LogP contribution in [0.3, 0.4) is 0 Å². The summed E-state index contributed by atoms with van der Waals surface area (Å²) in [6, 6.07) is 18.3. The number of rotatable bonds is 10. The summed E-state index contributed by atoms with van der Waals surface area (Å²) in [4.78, 5) is 31.4. The number of nitrogens with one attached hydrogen (secondary N) is 2. The molecule has 2 N–H and O–H groups in total. The molecule has 0 aliphatic heterocycles. The molecule has 6 heteroatoms. The van der Waals surface area contributed by atoms with E-state index in [-0.39, 0.29) is 11.8 Å². The highest BCUT2D eigenvalue weighted by molar-refractivity contribution is 5.94. The quantitative estimate of drug-likeness (QED) is 0.463. The van der Waals surface area contributed by atoms with E-state index in [1.807, 2.05) is 68.4 Å². The van der Waals surface area contributed by atoms with Crippen LogP contribution in [-0.4, -0.2) is 40.8 Å². The van der Waals surface area contributed by atoms with Crippen LogP contribution >= 0.6 is 0 Å². The van der Waals surface area contributed by atoms with Gasteiger partial charge in [0.2, 0.25) is 11.8 Å². The van der Waals surface area contributed by atoms with Crippen molar-refractivity contribution in [3.8, 4) is 0 Å². The lowest BCUT2D eigenvalue weighted by Crippen LogP contribution is -2.37. The van der Waals surface area contributed by atoms with Gasteiger partial charge in [-0.1, -0.05) is 30.3 Å². The van der Waals surface area contributed by atoms with Crippen molar-refractivity contribution in [3.63, 3.8) is 0 Å². The van der Waals surface area contributed by atoms with E-state index in [4.69, 9.17) is 0 Å². The van der Waals surface area contributed by atoms with Crippen LogP contribution in [0.1, 0.15) is 41.5 Å². The minimum Gasteiger partial charge on any atom is -0.326 e. The average Bonchev–Trinajstić information content (AvgIpc) is 3.67. The highest BCUT2D eigenvalue weighted by atomic mass is 16.2. The first-order valence-electron chi connectivity index (χ1n) is 11.9. The number of nitrogens with zero attached hydrogens (tertiary/aromatic N) is 2. The predicted molar refractivity (Wildman–Crippen MR) is 136 cm³/mol. The zero-order chi connectivity index (χ0) is 23.9. The van der Waals surface area contributed by atoms with Crippen molar-refractivity contribution in [1.82, 2.24) is 9.88 Å². The van der Waals surface area contributed by atoms with Gasteiger partial charge in [-0.05, 0) is 79.6 Å². The van der Waals surface area contributed by atoms with E-state index in [1.54, 1.807) is 12.4 Å². The maximum atomic E-state index is 12.7. The Morgan fingerprint density at radius 1 is 0.882 bits per heavy atom. The first kappa shape index (κ1) is 23.6. The fourth-order valence-electron chi connectivity index (χ4n) is 4.12. The third kappa shape index (κ3) is 6.75. The second kappa shape index (κ2) is 11.1. The SMILES string of the molecule is Cc1cccc(C)c1NC(=O)CN(CCC(=O)Nc1ccc(Cc2ccncc2)cc1)C1CC1. The normalized spacial score (nSPS) is 13.0. The van der Waals surface area contributed by atoms with Gasteiger partial charge in [-0.2, -0.15) is 0 Å². The second-order valence-corrected chi connectivity index (χ2v) is 9.04. The lowest BCUT2D eigenvalue weighted by atomic mass is 10.1. The molecule has 2 amide bonds. The van der Waals surface area contributed by atoms with Gasteiger partial charge in [0, 0.05) is 42.8 Å². The van der Waals surface area contributed by atoms with Crippen molar-refractivity contribution in [2.45, 2.75) is 45.6 Å². The summed E-state index contributed by atoms with van der Waals surface area (Å²) in [7, 11) is 0. The molecule has 1 aliphatic carbocycles. The number of anilines is 2. The minimum absolute atomic E-state index is 0.0329. The van der Waals surface area contributed by atoms with Crippen molar-refractivity contribution >= 4 is 23.2 Å². The molecule has 1 fully saturated rings. The molecule has 0 atom stereocenters. The van der Waals surface area contributed by atoms with Crippen molar-refractivity contribution in [2.75, 3.05) is 23.7 Å². The third-order valence-electron chi connectivity index (χ3n) is 6.18. The molecular weight excluding hydrogens is 424 g/mol. The van der Waals surface area contributed by atoms with Gasteiger partial charge in [0.05, 0.1) is 6.54 Å².